The van der Waals surface area contributed by atoms with Crippen LogP contribution >= 0.6 is 0 Å². The molecule has 0 bridgehead atoms. The van der Waals surface area contributed by atoms with Crippen LogP contribution in [0.3, 0.4) is 0 Å². The second-order valence-corrected chi connectivity index (χ2v) is 11.3. The van der Waals surface area contributed by atoms with Gasteiger partial charge in [0, 0.05) is 11.1 Å². The average Bonchev–Trinajstić information content (AvgIpc) is 2.82. The second-order valence-electron chi connectivity index (χ2n) is 11.3. The lowest BCUT2D eigenvalue weighted by molar-refractivity contribution is -0.903. The van der Waals surface area contributed by atoms with Crippen LogP contribution in [0.5, 0.6) is 0 Å². The molecule has 2 aromatic rings. The molecule has 0 aliphatic rings. The van der Waals surface area contributed by atoms with Crippen molar-refractivity contribution in [2.45, 2.75) is 64.7 Å². The van der Waals surface area contributed by atoms with E-state index in [-0.39, 0.29) is 18.0 Å². The van der Waals surface area contributed by atoms with Crippen molar-refractivity contribution in [3.05, 3.63) is 71.8 Å². The van der Waals surface area contributed by atoms with Crippen LogP contribution < -0.4 is 10.6 Å². The molecule has 0 spiro atoms. The fraction of sp³-hybridized carbons (Fsp3) is 0.533. The van der Waals surface area contributed by atoms with Gasteiger partial charge >= 0.3 is 0 Å². The van der Waals surface area contributed by atoms with E-state index < -0.39 is 0 Å². The smallest absolute Gasteiger partial charge is 0.227 e. The van der Waals surface area contributed by atoms with Gasteiger partial charge in [0.25, 0.3) is 0 Å². The number of rotatable bonds is 16. The number of benzene rings is 2. The van der Waals surface area contributed by atoms with Crippen molar-refractivity contribution in [1.82, 2.24) is 10.6 Å². The molecule has 0 aliphatic heterocycles. The molecule has 0 fully saturated rings. The summed E-state index contributed by atoms with van der Waals surface area (Å²) in [5, 5.41) is 6.19. The molecule has 6 heteroatoms. The molecule has 2 rings (SSSR count). The number of unbranched alkanes of at least 4 members (excludes halogenated alkanes) is 2. The summed E-state index contributed by atoms with van der Waals surface area (Å²) in [5.41, 5.74) is 2.53. The Hall–Kier alpha value is -2.70. The highest BCUT2D eigenvalue weighted by molar-refractivity contribution is 5.79. The van der Waals surface area contributed by atoms with Gasteiger partial charge in [-0.05, 0) is 12.8 Å². The van der Waals surface area contributed by atoms with Gasteiger partial charge in [-0.3, -0.25) is 9.59 Å². The molecular weight excluding hydrogens is 448 g/mol. The maximum absolute atomic E-state index is 12.8. The van der Waals surface area contributed by atoms with Crippen LogP contribution in [0, 0.1) is 0 Å². The Bertz CT molecular complexity index is 842. The van der Waals surface area contributed by atoms with Crippen molar-refractivity contribution >= 4 is 11.8 Å². The number of nitrogens with one attached hydrogen (secondary N) is 2. The minimum Gasteiger partial charge on any atom is -0.336 e. The highest BCUT2D eigenvalue weighted by Crippen LogP contribution is 2.12. The molecule has 0 aliphatic carbocycles. The molecule has 0 aromatic heterocycles. The first kappa shape index (κ1) is 29.5. The molecule has 6 nitrogen and oxygen atoms in total. The lowest BCUT2D eigenvalue weighted by Gasteiger charge is -2.30. The molecule has 0 saturated carbocycles. The summed E-state index contributed by atoms with van der Waals surface area (Å²) in [6, 6.07) is 20.7. The third-order valence-electron chi connectivity index (χ3n) is 6.56. The lowest BCUT2D eigenvalue weighted by Crippen LogP contribution is -2.50. The van der Waals surface area contributed by atoms with E-state index in [1.54, 1.807) is 0 Å². The minimum absolute atomic E-state index is 0.00347. The van der Waals surface area contributed by atoms with Crippen molar-refractivity contribution in [3.8, 4) is 0 Å². The standard InChI is InChI=1S/C30H46N4O2/c1-6-7-10-19-28(31-29(35)20-22-33(2,3)24-26-15-11-8-12-16-26)32-30(36)21-23-34(4,5)25-27-17-13-9-14-18-27/h8-9,11-18,28H,6-7,10,19-25H2,1-5H3/p+2. The van der Waals surface area contributed by atoms with Crippen molar-refractivity contribution < 1.29 is 18.6 Å². The highest BCUT2D eigenvalue weighted by atomic mass is 16.2. The fourth-order valence-corrected chi connectivity index (χ4v) is 4.43. The fourth-order valence-electron chi connectivity index (χ4n) is 4.43. The van der Waals surface area contributed by atoms with Crippen LogP contribution in [-0.4, -0.2) is 68.2 Å². The Kier molecular flexibility index (Phi) is 12.1. The topological polar surface area (TPSA) is 58.2 Å². The lowest BCUT2D eigenvalue weighted by atomic mass is 10.1. The van der Waals surface area contributed by atoms with Gasteiger partial charge in [0.15, 0.2) is 0 Å². The van der Waals surface area contributed by atoms with Crippen LogP contribution in [0.2, 0.25) is 0 Å². The van der Waals surface area contributed by atoms with E-state index >= 15 is 0 Å². The molecule has 2 amide bonds. The van der Waals surface area contributed by atoms with Crippen LogP contribution in [0.15, 0.2) is 60.7 Å². The van der Waals surface area contributed by atoms with E-state index in [1.165, 1.54) is 11.1 Å². The average molecular weight is 497 g/mol. The first-order valence-electron chi connectivity index (χ1n) is 13.4. The molecule has 36 heavy (non-hydrogen) atoms. The van der Waals surface area contributed by atoms with Gasteiger partial charge in [-0.25, -0.2) is 0 Å². The van der Waals surface area contributed by atoms with Crippen LogP contribution in [0.25, 0.3) is 0 Å². The number of quaternary nitrogens is 2. The Morgan fingerprint density at radius 1 is 0.694 bits per heavy atom. The quantitative estimate of drug-likeness (QED) is 0.205. The highest BCUT2D eigenvalue weighted by Gasteiger charge is 2.22. The van der Waals surface area contributed by atoms with Crippen LogP contribution in [-0.2, 0) is 22.7 Å². The van der Waals surface area contributed by atoms with E-state index in [9.17, 15) is 9.59 Å². The predicted molar refractivity (Wildman–Crippen MR) is 148 cm³/mol. The summed E-state index contributed by atoms with van der Waals surface area (Å²) >= 11 is 0. The van der Waals surface area contributed by atoms with Crippen molar-refractivity contribution in [2.75, 3.05) is 41.3 Å². The van der Waals surface area contributed by atoms with Gasteiger partial charge in [-0.2, -0.15) is 0 Å². The maximum Gasteiger partial charge on any atom is 0.227 e. The van der Waals surface area contributed by atoms with Crippen LogP contribution in [0.4, 0.5) is 0 Å². The minimum atomic E-state index is -0.314. The van der Waals surface area contributed by atoms with E-state index in [0.717, 1.165) is 60.8 Å². The normalized spacial score (nSPS) is 11.9. The largest absolute Gasteiger partial charge is 0.336 e. The summed E-state index contributed by atoms with van der Waals surface area (Å²) in [6.07, 6.45) is 4.48. The Morgan fingerprint density at radius 2 is 1.11 bits per heavy atom. The SMILES string of the molecule is CCCCCC(NC(=O)CC[N+](C)(C)Cc1ccccc1)NC(=O)CC[N+](C)(C)Cc1ccccc1. The van der Waals surface area contributed by atoms with E-state index in [1.807, 2.05) is 36.4 Å². The molecule has 0 unspecified atom stereocenters. The van der Waals surface area contributed by atoms with Crippen molar-refractivity contribution in [2.24, 2.45) is 0 Å². The number of nitrogens with zero attached hydrogens (tertiary/aromatic N) is 2. The van der Waals surface area contributed by atoms with Gasteiger partial charge in [0.05, 0.1) is 54.1 Å². The van der Waals surface area contributed by atoms with Gasteiger partial charge in [-0.15, -0.1) is 0 Å². The Morgan fingerprint density at radius 3 is 1.50 bits per heavy atom. The van der Waals surface area contributed by atoms with E-state index in [2.05, 4.69) is 70.0 Å². The molecule has 0 heterocycles. The first-order chi connectivity index (χ1) is 17.1. The van der Waals surface area contributed by atoms with Gasteiger partial charge in [0.1, 0.15) is 19.3 Å². The van der Waals surface area contributed by atoms with Crippen molar-refractivity contribution in [3.63, 3.8) is 0 Å². The number of hydrogen-bond donors (Lipinski definition) is 2. The van der Waals surface area contributed by atoms with Gasteiger partial charge in [0.2, 0.25) is 11.8 Å². The monoisotopic (exact) mass is 496 g/mol. The van der Waals surface area contributed by atoms with E-state index in [4.69, 9.17) is 0 Å². The summed E-state index contributed by atoms with van der Waals surface area (Å²) < 4.78 is 1.47. The number of hydrogen-bond acceptors (Lipinski definition) is 2. The maximum atomic E-state index is 12.8. The van der Waals surface area contributed by atoms with Crippen molar-refractivity contribution in [1.29, 1.82) is 0 Å². The second kappa shape index (κ2) is 14.8. The summed E-state index contributed by atoms with van der Waals surface area (Å²) in [4.78, 5) is 25.6. The summed E-state index contributed by atoms with van der Waals surface area (Å²) in [7, 11) is 8.60. The third kappa shape index (κ3) is 12.3. The predicted octanol–water partition coefficient (Wildman–Crippen LogP) is 4.46. The zero-order valence-corrected chi connectivity index (χ0v) is 23.1. The molecule has 0 saturated heterocycles. The molecule has 0 atom stereocenters. The third-order valence-corrected chi connectivity index (χ3v) is 6.56. The zero-order valence-electron chi connectivity index (χ0n) is 23.1. The summed E-state index contributed by atoms with van der Waals surface area (Å²) in [6.45, 7) is 5.39. The van der Waals surface area contributed by atoms with Crippen LogP contribution in [0.1, 0.15) is 56.6 Å². The number of amides is 2. The molecule has 0 radical (unpaired) electrons. The first-order valence-corrected chi connectivity index (χ1v) is 13.4. The van der Waals surface area contributed by atoms with E-state index in [0.29, 0.717) is 12.8 Å². The van der Waals surface area contributed by atoms with Gasteiger partial charge < -0.3 is 19.6 Å². The molecule has 198 valence electrons. The Balaban J connectivity index is 1.83. The number of carbonyl (C=O) groups excluding carboxylic acids is 2. The Labute approximate surface area is 218 Å². The molecule has 2 N–H and O–H groups in total. The zero-order chi connectivity index (χ0) is 26.4. The summed E-state index contributed by atoms with van der Waals surface area (Å²) in [5.74, 6) is -0.00695. The molecular formula is C30H48N4O2+2. The molecule has 2 aromatic carbocycles. The number of carbonyl (C=O) groups is 2. The van der Waals surface area contributed by atoms with Gasteiger partial charge in [-0.1, -0.05) is 80.4 Å².